The van der Waals surface area contributed by atoms with E-state index in [-0.39, 0.29) is 11.1 Å². The first-order valence-electron chi connectivity index (χ1n) is 8.43. The van der Waals surface area contributed by atoms with Crippen molar-refractivity contribution in [3.05, 3.63) is 39.7 Å². The van der Waals surface area contributed by atoms with Crippen LogP contribution in [0.5, 0.6) is 0 Å². The molecule has 2 rings (SSSR count). The molecule has 0 saturated carbocycles. The van der Waals surface area contributed by atoms with Gasteiger partial charge in [-0.15, -0.1) is 0 Å². The third-order valence-corrected chi connectivity index (χ3v) is 10.2. The Morgan fingerprint density at radius 2 is 2.00 bits per heavy atom. The van der Waals surface area contributed by atoms with Crippen LogP contribution in [0.4, 0.5) is 0 Å². The molecule has 0 bridgehead atoms. The van der Waals surface area contributed by atoms with Gasteiger partial charge in [0.25, 0.3) is 0 Å². The molecule has 0 unspecified atom stereocenters. The Morgan fingerprint density at radius 1 is 1.33 bits per heavy atom. The van der Waals surface area contributed by atoms with Crippen LogP contribution in [-0.2, 0) is 11.5 Å². The van der Waals surface area contributed by atoms with Gasteiger partial charge < -0.3 is 8.99 Å². The summed E-state index contributed by atoms with van der Waals surface area (Å²) in [6, 6.07) is 6.56. The fraction of sp³-hybridized carbons (Fsp3) is 0.526. The zero-order valence-corrected chi connectivity index (χ0v) is 19.0. The minimum absolute atomic E-state index is 0.0867. The third kappa shape index (κ3) is 4.11. The lowest BCUT2D eigenvalue weighted by Crippen LogP contribution is -2.41. The summed E-state index contributed by atoms with van der Waals surface area (Å²) in [6.45, 7) is 13.5. The van der Waals surface area contributed by atoms with Crippen LogP contribution in [0.2, 0.25) is 18.1 Å². The molecule has 24 heavy (non-hydrogen) atoms. The van der Waals surface area contributed by atoms with Crippen molar-refractivity contribution in [3.8, 4) is 0 Å². The Balaban J connectivity index is 2.40. The smallest absolute Gasteiger partial charge is 0.192 e. The first kappa shape index (κ1) is 19.7. The normalized spacial score (nSPS) is 14.7. The highest BCUT2D eigenvalue weighted by molar-refractivity contribution is 14.1. The van der Waals surface area contributed by atoms with Crippen LogP contribution in [-0.4, -0.2) is 17.9 Å². The molecule has 0 saturated heterocycles. The Hall–Kier alpha value is -0.663. The summed E-state index contributed by atoms with van der Waals surface area (Å²) >= 11 is 2.27. The van der Waals surface area contributed by atoms with Crippen molar-refractivity contribution in [1.82, 2.24) is 9.55 Å². The van der Waals surface area contributed by atoms with Crippen molar-refractivity contribution in [2.75, 3.05) is 0 Å². The average molecular weight is 456 g/mol. The van der Waals surface area contributed by atoms with Crippen molar-refractivity contribution < 1.29 is 4.43 Å². The maximum atomic E-state index is 6.73. The van der Waals surface area contributed by atoms with Crippen molar-refractivity contribution >= 4 is 41.9 Å². The first-order chi connectivity index (χ1) is 11.1. The van der Waals surface area contributed by atoms with Crippen molar-refractivity contribution in [1.29, 1.82) is 0 Å². The van der Waals surface area contributed by atoms with Gasteiger partial charge in [0.15, 0.2) is 8.32 Å². The van der Waals surface area contributed by atoms with Gasteiger partial charge in [0, 0.05) is 7.05 Å². The number of hydrogen-bond donors (Lipinski definition) is 0. The van der Waals surface area contributed by atoms with E-state index in [9.17, 15) is 0 Å². The number of benzene rings is 1. The number of hydrogen-bond acceptors (Lipinski definition) is 2. The number of imidazole rings is 1. The van der Waals surface area contributed by atoms with Crippen molar-refractivity contribution in [3.63, 3.8) is 0 Å². The molecular weight excluding hydrogens is 427 g/mol. The predicted molar refractivity (Wildman–Crippen MR) is 114 cm³/mol. The molecule has 132 valence electrons. The summed E-state index contributed by atoms with van der Waals surface area (Å²) in [5.41, 5.74) is 3.45. The van der Waals surface area contributed by atoms with Gasteiger partial charge in [0.2, 0.25) is 0 Å². The molecule has 0 N–H and O–H groups in total. The maximum Gasteiger partial charge on any atom is 0.192 e. The van der Waals surface area contributed by atoms with Gasteiger partial charge in [-0.25, -0.2) is 4.98 Å². The number of nitrogens with zero attached hydrogens (tertiary/aromatic N) is 2. The van der Waals surface area contributed by atoms with Crippen molar-refractivity contribution in [2.24, 2.45) is 7.05 Å². The standard InChI is InChI=1S/C19H29IN2OSi/c1-14-21-16-13-15(10-11-17(16)22(14)5)18(9-8-12-20)23-24(6,7)19(2,3)4/h8,10-13,18H,9H2,1-7H3/b12-8-/t18-/m1/s1. The number of halogens is 1. The van der Waals surface area contributed by atoms with Gasteiger partial charge in [-0.3, -0.25) is 0 Å². The predicted octanol–water partition coefficient (Wildman–Crippen LogP) is 6.28. The average Bonchev–Trinajstić information content (AvgIpc) is 2.76. The second kappa shape index (κ2) is 7.29. The molecule has 3 nitrogen and oxygen atoms in total. The topological polar surface area (TPSA) is 27.1 Å². The summed E-state index contributed by atoms with van der Waals surface area (Å²) in [7, 11) is 0.226. The third-order valence-electron chi connectivity index (χ3n) is 5.18. The highest BCUT2D eigenvalue weighted by Gasteiger charge is 2.39. The Labute approximate surface area is 160 Å². The van der Waals surface area contributed by atoms with Gasteiger partial charge >= 0.3 is 0 Å². The van der Waals surface area contributed by atoms with Crippen LogP contribution in [0.1, 0.15) is 44.7 Å². The number of rotatable bonds is 5. The van der Waals surface area contributed by atoms with E-state index in [0.29, 0.717) is 0 Å². The van der Waals surface area contributed by atoms with E-state index in [1.807, 2.05) is 6.92 Å². The van der Waals surface area contributed by atoms with E-state index < -0.39 is 8.32 Å². The van der Waals surface area contributed by atoms with Gasteiger partial charge in [0.1, 0.15) is 5.82 Å². The molecule has 1 atom stereocenters. The Kier molecular flexibility index (Phi) is 5.98. The molecule has 0 aliphatic heterocycles. The molecule has 0 spiro atoms. The number of aryl methyl sites for hydroxylation is 2. The monoisotopic (exact) mass is 456 g/mol. The van der Waals surface area contributed by atoms with Gasteiger partial charge in [0.05, 0.1) is 17.1 Å². The highest BCUT2D eigenvalue weighted by atomic mass is 127. The molecule has 1 aromatic carbocycles. The molecule has 1 heterocycles. The van der Waals surface area contributed by atoms with E-state index in [1.54, 1.807) is 0 Å². The zero-order valence-electron chi connectivity index (χ0n) is 15.9. The summed E-state index contributed by atoms with van der Waals surface area (Å²) < 4.78 is 10.9. The highest BCUT2D eigenvalue weighted by Crippen LogP contribution is 2.41. The summed E-state index contributed by atoms with van der Waals surface area (Å²) in [5, 5.41) is 0.199. The molecule has 0 fully saturated rings. The number of fused-ring (bicyclic) bond motifs is 1. The van der Waals surface area contributed by atoms with Gasteiger partial charge in [-0.1, -0.05) is 55.5 Å². The molecule has 0 aliphatic rings. The lowest BCUT2D eigenvalue weighted by Gasteiger charge is -2.39. The van der Waals surface area contributed by atoms with Crippen LogP contribution in [0.15, 0.2) is 28.4 Å². The SMILES string of the molecule is Cc1nc2cc([C@@H](C/C=C\I)O[Si](C)(C)C(C)(C)C)ccc2n1C. The lowest BCUT2D eigenvalue weighted by molar-refractivity contribution is 0.187. The minimum atomic E-state index is -1.84. The van der Waals surface area contributed by atoms with E-state index in [2.05, 4.69) is 101 Å². The van der Waals surface area contributed by atoms with Gasteiger partial charge in [-0.05, 0) is 53.3 Å². The Bertz CT molecular complexity index is 744. The van der Waals surface area contributed by atoms with Crippen LogP contribution in [0.25, 0.3) is 11.0 Å². The summed E-state index contributed by atoms with van der Waals surface area (Å²) in [6.07, 6.45) is 3.17. The molecule has 5 heteroatoms. The molecule has 0 radical (unpaired) electrons. The molecule has 2 aromatic rings. The maximum absolute atomic E-state index is 6.73. The van der Waals surface area contributed by atoms with E-state index >= 15 is 0 Å². The molecule has 0 aliphatic carbocycles. The van der Waals surface area contributed by atoms with Crippen LogP contribution >= 0.6 is 22.6 Å². The van der Waals surface area contributed by atoms with Gasteiger partial charge in [-0.2, -0.15) is 0 Å². The van der Waals surface area contributed by atoms with Crippen molar-refractivity contribution in [2.45, 2.75) is 58.4 Å². The van der Waals surface area contributed by atoms with Crippen LogP contribution in [0, 0.1) is 6.92 Å². The van der Waals surface area contributed by atoms with Crippen LogP contribution < -0.4 is 0 Å². The number of aromatic nitrogens is 2. The summed E-state index contributed by atoms with van der Waals surface area (Å²) in [4.78, 5) is 4.68. The fourth-order valence-electron chi connectivity index (χ4n) is 2.50. The van der Waals surface area contributed by atoms with E-state index in [0.717, 1.165) is 17.8 Å². The zero-order chi connectivity index (χ0) is 18.1. The largest absolute Gasteiger partial charge is 0.410 e. The molecule has 0 amide bonds. The van der Waals surface area contributed by atoms with Crippen LogP contribution in [0.3, 0.4) is 0 Å². The lowest BCUT2D eigenvalue weighted by atomic mass is 10.1. The van der Waals surface area contributed by atoms with E-state index in [1.165, 1.54) is 11.1 Å². The first-order valence-corrected chi connectivity index (χ1v) is 12.6. The summed E-state index contributed by atoms with van der Waals surface area (Å²) in [5.74, 6) is 1.04. The second-order valence-electron chi connectivity index (χ2n) is 7.93. The minimum Gasteiger partial charge on any atom is -0.410 e. The second-order valence-corrected chi connectivity index (χ2v) is 13.4. The Morgan fingerprint density at radius 3 is 2.58 bits per heavy atom. The molecular formula is C19H29IN2OSi. The van der Waals surface area contributed by atoms with E-state index in [4.69, 9.17) is 4.43 Å². The fourth-order valence-corrected chi connectivity index (χ4v) is 4.09. The quantitative estimate of drug-likeness (QED) is 0.391. The molecule has 1 aromatic heterocycles.